The molecule has 0 aromatic heterocycles. The van der Waals surface area contributed by atoms with Crippen LogP contribution >= 0.6 is 12.6 Å². The third kappa shape index (κ3) is 16.5. The fourth-order valence-corrected chi connectivity index (χ4v) is 3.44. The van der Waals surface area contributed by atoms with Gasteiger partial charge in [-0.3, -0.25) is 4.79 Å². The Bertz CT molecular complexity index is 256. The highest BCUT2D eigenvalue weighted by molar-refractivity contribution is 7.80. The van der Waals surface area contributed by atoms with Crippen LogP contribution in [0.5, 0.6) is 0 Å². The van der Waals surface area contributed by atoms with Crippen molar-refractivity contribution in [2.24, 2.45) is 5.92 Å². The lowest BCUT2D eigenvalue weighted by molar-refractivity contribution is -0.142. The van der Waals surface area contributed by atoms with Crippen molar-refractivity contribution < 1.29 is 9.90 Å². The molecule has 0 aliphatic rings. The molecule has 0 aromatic carbocycles. The van der Waals surface area contributed by atoms with Crippen molar-refractivity contribution >= 4 is 18.6 Å². The van der Waals surface area contributed by atoms with Gasteiger partial charge in [-0.25, -0.2) is 0 Å². The summed E-state index contributed by atoms with van der Waals surface area (Å²) < 4.78 is 0. The summed E-state index contributed by atoms with van der Waals surface area (Å²) >= 11 is 4.14. The third-order valence-electron chi connectivity index (χ3n) is 4.73. The Morgan fingerprint density at radius 1 is 0.739 bits per heavy atom. The monoisotopic (exact) mass is 344 g/mol. The van der Waals surface area contributed by atoms with Crippen LogP contribution in [0, 0.1) is 5.92 Å². The molecule has 0 aromatic rings. The minimum Gasteiger partial charge on any atom is -0.481 e. The average Bonchev–Trinajstić information content (AvgIpc) is 2.54. The Morgan fingerprint density at radius 3 is 1.48 bits per heavy atom. The summed E-state index contributed by atoms with van der Waals surface area (Å²) in [7, 11) is 0. The Morgan fingerprint density at radius 2 is 1.13 bits per heavy atom. The van der Waals surface area contributed by atoms with Crippen LogP contribution in [-0.2, 0) is 4.79 Å². The number of unbranched alkanes of at least 4 members (excludes halogenated alkanes) is 13. The highest BCUT2D eigenvalue weighted by Gasteiger charge is 2.15. The maximum Gasteiger partial charge on any atom is 0.306 e. The molecular formula is C20H40O2S. The first-order valence-corrected chi connectivity index (χ1v) is 10.7. The van der Waals surface area contributed by atoms with Gasteiger partial charge in [0.1, 0.15) is 0 Å². The standard InChI is InChI=1S/C20H40O2S/c1-2-3-4-5-6-7-8-9-10-11-12-13-14-15-16-19(17-18-23)20(21)22/h19,23H,2-18H2,1H3,(H,21,22). The second-order valence-corrected chi connectivity index (χ2v) is 7.38. The molecule has 0 radical (unpaired) electrons. The van der Waals surface area contributed by atoms with Gasteiger partial charge in [0.05, 0.1) is 5.92 Å². The fourth-order valence-electron chi connectivity index (χ4n) is 3.13. The van der Waals surface area contributed by atoms with Crippen LogP contribution in [0.3, 0.4) is 0 Å². The van der Waals surface area contributed by atoms with E-state index in [1.807, 2.05) is 0 Å². The lowest BCUT2D eigenvalue weighted by Gasteiger charge is -2.10. The molecule has 0 rings (SSSR count). The van der Waals surface area contributed by atoms with Crippen LogP contribution in [-0.4, -0.2) is 16.8 Å². The maximum absolute atomic E-state index is 11.0. The van der Waals surface area contributed by atoms with Crippen molar-refractivity contribution in [2.45, 2.75) is 110 Å². The van der Waals surface area contributed by atoms with Gasteiger partial charge in [0.15, 0.2) is 0 Å². The van der Waals surface area contributed by atoms with E-state index in [2.05, 4.69) is 19.6 Å². The zero-order valence-electron chi connectivity index (χ0n) is 15.4. The van der Waals surface area contributed by atoms with Crippen LogP contribution in [0.2, 0.25) is 0 Å². The molecule has 0 aliphatic heterocycles. The van der Waals surface area contributed by atoms with Gasteiger partial charge >= 0.3 is 5.97 Å². The first kappa shape index (κ1) is 22.8. The number of rotatable bonds is 18. The zero-order valence-corrected chi connectivity index (χ0v) is 16.3. The molecule has 0 spiro atoms. The first-order valence-electron chi connectivity index (χ1n) is 10.1. The maximum atomic E-state index is 11.0. The molecule has 0 aliphatic carbocycles. The molecule has 1 N–H and O–H groups in total. The molecule has 23 heavy (non-hydrogen) atoms. The van der Waals surface area contributed by atoms with Gasteiger partial charge in [-0.05, 0) is 18.6 Å². The Labute approximate surface area is 150 Å². The molecule has 3 heteroatoms. The van der Waals surface area contributed by atoms with Crippen molar-refractivity contribution in [3.63, 3.8) is 0 Å². The van der Waals surface area contributed by atoms with Crippen molar-refractivity contribution in [1.82, 2.24) is 0 Å². The van der Waals surface area contributed by atoms with Gasteiger partial charge in [-0.1, -0.05) is 96.8 Å². The van der Waals surface area contributed by atoms with E-state index in [1.165, 1.54) is 83.5 Å². The molecule has 1 unspecified atom stereocenters. The van der Waals surface area contributed by atoms with Gasteiger partial charge in [0.25, 0.3) is 0 Å². The molecule has 0 heterocycles. The van der Waals surface area contributed by atoms with E-state index >= 15 is 0 Å². The second kappa shape index (κ2) is 18.2. The molecule has 0 fully saturated rings. The number of aliphatic carboxylic acids is 1. The lowest BCUT2D eigenvalue weighted by Crippen LogP contribution is -2.14. The molecule has 2 nitrogen and oxygen atoms in total. The number of hydrogen-bond donors (Lipinski definition) is 2. The second-order valence-electron chi connectivity index (χ2n) is 6.93. The Balaban J connectivity index is 3.20. The van der Waals surface area contributed by atoms with Gasteiger partial charge < -0.3 is 5.11 Å². The molecule has 0 saturated carbocycles. The normalized spacial score (nSPS) is 12.4. The zero-order chi connectivity index (χ0) is 17.2. The van der Waals surface area contributed by atoms with E-state index in [4.69, 9.17) is 5.11 Å². The number of carboxylic acid groups (broad SMARTS) is 1. The lowest BCUT2D eigenvalue weighted by atomic mass is 9.98. The topological polar surface area (TPSA) is 37.3 Å². The first-order chi connectivity index (χ1) is 11.2. The Kier molecular flexibility index (Phi) is 18.0. The summed E-state index contributed by atoms with van der Waals surface area (Å²) in [5.41, 5.74) is 0. The number of carboxylic acids is 1. The molecule has 1 atom stereocenters. The van der Waals surface area contributed by atoms with Crippen molar-refractivity contribution in [3.05, 3.63) is 0 Å². The van der Waals surface area contributed by atoms with E-state index in [9.17, 15) is 4.79 Å². The SMILES string of the molecule is CCCCCCCCCCCCCCCCC(CCS)C(=O)O. The summed E-state index contributed by atoms with van der Waals surface area (Å²) in [6, 6.07) is 0. The van der Waals surface area contributed by atoms with Crippen LogP contribution in [0.1, 0.15) is 110 Å². The molecule has 138 valence electrons. The third-order valence-corrected chi connectivity index (χ3v) is 4.99. The van der Waals surface area contributed by atoms with E-state index in [1.54, 1.807) is 0 Å². The predicted octanol–water partition coefficient (Wildman–Crippen LogP) is 6.88. The minimum absolute atomic E-state index is 0.176. The molecular weight excluding hydrogens is 304 g/mol. The quantitative estimate of drug-likeness (QED) is 0.210. The highest BCUT2D eigenvalue weighted by atomic mass is 32.1. The van der Waals surface area contributed by atoms with E-state index in [0.29, 0.717) is 12.2 Å². The van der Waals surface area contributed by atoms with Gasteiger partial charge in [-0.15, -0.1) is 0 Å². The van der Waals surface area contributed by atoms with Gasteiger partial charge in [0.2, 0.25) is 0 Å². The fraction of sp³-hybridized carbons (Fsp3) is 0.950. The number of hydrogen-bond acceptors (Lipinski definition) is 2. The van der Waals surface area contributed by atoms with E-state index in [0.717, 1.165) is 12.8 Å². The average molecular weight is 345 g/mol. The molecule has 0 bridgehead atoms. The van der Waals surface area contributed by atoms with Crippen molar-refractivity contribution in [1.29, 1.82) is 0 Å². The Hall–Kier alpha value is -0.180. The summed E-state index contributed by atoms with van der Waals surface area (Å²) in [6.07, 6.45) is 20.4. The highest BCUT2D eigenvalue weighted by Crippen LogP contribution is 2.17. The van der Waals surface area contributed by atoms with Crippen LogP contribution in [0.25, 0.3) is 0 Å². The molecule has 0 saturated heterocycles. The minimum atomic E-state index is -0.645. The summed E-state index contributed by atoms with van der Waals surface area (Å²) in [4.78, 5) is 11.0. The van der Waals surface area contributed by atoms with Crippen LogP contribution in [0.15, 0.2) is 0 Å². The summed E-state index contributed by atoms with van der Waals surface area (Å²) in [6.45, 7) is 2.27. The number of carbonyl (C=O) groups is 1. The molecule has 0 amide bonds. The number of thiol groups is 1. The summed E-state index contributed by atoms with van der Waals surface area (Å²) in [5.74, 6) is -0.145. The van der Waals surface area contributed by atoms with Crippen molar-refractivity contribution in [3.8, 4) is 0 Å². The van der Waals surface area contributed by atoms with E-state index in [-0.39, 0.29) is 5.92 Å². The van der Waals surface area contributed by atoms with Crippen LogP contribution < -0.4 is 0 Å². The van der Waals surface area contributed by atoms with Gasteiger partial charge in [-0.2, -0.15) is 12.6 Å². The smallest absolute Gasteiger partial charge is 0.306 e. The van der Waals surface area contributed by atoms with E-state index < -0.39 is 5.97 Å². The largest absolute Gasteiger partial charge is 0.481 e. The predicted molar refractivity (Wildman–Crippen MR) is 105 cm³/mol. The van der Waals surface area contributed by atoms with Crippen molar-refractivity contribution in [2.75, 3.05) is 5.75 Å². The van der Waals surface area contributed by atoms with Crippen LogP contribution in [0.4, 0.5) is 0 Å². The summed E-state index contributed by atoms with van der Waals surface area (Å²) in [5, 5.41) is 9.07. The van der Waals surface area contributed by atoms with Gasteiger partial charge in [0, 0.05) is 0 Å².